The highest BCUT2D eigenvalue weighted by molar-refractivity contribution is 6.83. The van der Waals surface area contributed by atoms with Crippen molar-refractivity contribution in [1.82, 2.24) is 4.98 Å². The van der Waals surface area contributed by atoms with Gasteiger partial charge in [-0.3, -0.25) is 9.78 Å². The first-order valence-corrected chi connectivity index (χ1v) is 12.2. The lowest BCUT2D eigenvalue weighted by molar-refractivity contribution is -0.139. The number of ether oxygens (including phenoxy) is 3. The summed E-state index contributed by atoms with van der Waals surface area (Å²) in [7, 11) is 1.44. The summed E-state index contributed by atoms with van der Waals surface area (Å²) in [6.07, 6.45) is 1.73. The van der Waals surface area contributed by atoms with E-state index in [1.807, 2.05) is 24.3 Å². The van der Waals surface area contributed by atoms with Gasteiger partial charge in [0, 0.05) is 0 Å². The first-order chi connectivity index (χ1) is 12.8. The Hall–Kier alpha value is -2.78. The van der Waals surface area contributed by atoms with Gasteiger partial charge in [0.25, 0.3) is 0 Å². The zero-order chi connectivity index (χ0) is 19.9. The molecule has 0 bridgehead atoms. The van der Waals surface area contributed by atoms with Gasteiger partial charge >= 0.3 is 5.97 Å². The van der Waals surface area contributed by atoms with Gasteiger partial charge in [0.2, 0.25) is 0 Å². The SMILES string of the molecule is COC(=O)Cc1cc(C#C[Si](C)(C)C)c(OCc2ccc(OC)cc2)cn1. The van der Waals surface area contributed by atoms with Gasteiger partial charge in [0.05, 0.1) is 38.1 Å². The Morgan fingerprint density at radius 1 is 1.15 bits per heavy atom. The topological polar surface area (TPSA) is 57.7 Å². The van der Waals surface area contributed by atoms with Crippen LogP contribution in [0.1, 0.15) is 16.8 Å². The van der Waals surface area contributed by atoms with E-state index < -0.39 is 8.07 Å². The molecule has 142 valence electrons. The standard InChI is InChI=1S/C21H25NO4Si/c1-24-19-8-6-16(7-9-19)15-26-20-14-22-18(13-21(23)25-2)12-17(20)10-11-27(3,4)5/h6-9,12,14H,13,15H2,1-5H3. The Kier molecular flexibility index (Phi) is 7.03. The van der Waals surface area contributed by atoms with E-state index in [0.717, 1.165) is 16.9 Å². The Balaban J connectivity index is 2.23. The zero-order valence-electron chi connectivity index (χ0n) is 16.5. The van der Waals surface area contributed by atoms with Crippen molar-refractivity contribution in [1.29, 1.82) is 0 Å². The van der Waals surface area contributed by atoms with Crippen molar-refractivity contribution in [2.75, 3.05) is 14.2 Å². The van der Waals surface area contributed by atoms with Crippen LogP contribution in [-0.4, -0.2) is 33.2 Å². The molecule has 6 heteroatoms. The first kappa shape index (κ1) is 20.5. The molecule has 0 aliphatic rings. The molecule has 27 heavy (non-hydrogen) atoms. The maximum Gasteiger partial charge on any atom is 0.311 e. The van der Waals surface area contributed by atoms with E-state index in [0.29, 0.717) is 18.1 Å². The molecule has 0 N–H and O–H groups in total. The molecule has 0 radical (unpaired) electrons. The van der Waals surface area contributed by atoms with Crippen molar-refractivity contribution < 1.29 is 19.0 Å². The third-order valence-corrected chi connectivity index (χ3v) is 4.48. The van der Waals surface area contributed by atoms with Crippen LogP contribution >= 0.6 is 0 Å². The van der Waals surface area contributed by atoms with Crippen LogP contribution in [0.5, 0.6) is 11.5 Å². The van der Waals surface area contributed by atoms with Gasteiger partial charge < -0.3 is 14.2 Å². The van der Waals surface area contributed by atoms with E-state index >= 15 is 0 Å². The van der Waals surface area contributed by atoms with Crippen molar-refractivity contribution >= 4 is 14.0 Å². The van der Waals surface area contributed by atoms with E-state index in [-0.39, 0.29) is 12.4 Å². The number of aromatic nitrogens is 1. The highest BCUT2D eigenvalue weighted by Gasteiger charge is 2.12. The maximum atomic E-state index is 11.5. The van der Waals surface area contributed by atoms with Crippen LogP contribution in [0, 0.1) is 11.5 Å². The lowest BCUT2D eigenvalue weighted by Crippen LogP contribution is -2.16. The van der Waals surface area contributed by atoms with Crippen LogP contribution in [0.15, 0.2) is 36.5 Å². The number of carbonyl (C=O) groups is 1. The number of esters is 1. The highest BCUT2D eigenvalue weighted by atomic mass is 28.3. The monoisotopic (exact) mass is 383 g/mol. The zero-order valence-corrected chi connectivity index (χ0v) is 17.5. The maximum absolute atomic E-state index is 11.5. The molecule has 0 unspecified atom stereocenters. The summed E-state index contributed by atoms with van der Waals surface area (Å²) in [4.78, 5) is 15.8. The van der Waals surface area contributed by atoms with Gasteiger partial charge in [-0.25, -0.2) is 0 Å². The number of carbonyl (C=O) groups excluding carboxylic acids is 1. The molecule has 0 atom stereocenters. The van der Waals surface area contributed by atoms with Crippen molar-refractivity contribution in [3.05, 3.63) is 53.3 Å². The lowest BCUT2D eigenvalue weighted by Gasteiger charge is -2.11. The number of benzene rings is 1. The fourth-order valence-corrected chi connectivity index (χ4v) is 2.66. The van der Waals surface area contributed by atoms with Crippen LogP contribution < -0.4 is 9.47 Å². The normalized spacial score (nSPS) is 10.6. The molecule has 2 rings (SSSR count). The minimum atomic E-state index is -1.56. The molecule has 0 spiro atoms. The molecule has 2 aromatic rings. The molecular weight excluding hydrogens is 358 g/mol. The summed E-state index contributed by atoms with van der Waals surface area (Å²) in [5.41, 5.74) is 5.69. The van der Waals surface area contributed by atoms with Gasteiger partial charge in [-0.1, -0.05) is 37.7 Å². The second kappa shape index (κ2) is 9.24. The summed E-state index contributed by atoms with van der Waals surface area (Å²) in [6, 6.07) is 9.48. The number of hydrogen-bond acceptors (Lipinski definition) is 5. The highest BCUT2D eigenvalue weighted by Crippen LogP contribution is 2.20. The predicted octanol–water partition coefficient (Wildman–Crippen LogP) is 3.61. The van der Waals surface area contributed by atoms with E-state index in [4.69, 9.17) is 14.2 Å². The Morgan fingerprint density at radius 2 is 1.85 bits per heavy atom. The molecule has 0 saturated heterocycles. The fourth-order valence-electron chi connectivity index (χ4n) is 2.15. The Bertz CT molecular complexity index is 845. The summed E-state index contributed by atoms with van der Waals surface area (Å²) in [6.45, 7) is 6.92. The number of pyridine rings is 1. The molecule has 0 fully saturated rings. The summed E-state index contributed by atoms with van der Waals surface area (Å²) in [5.74, 6) is 4.28. The summed E-state index contributed by atoms with van der Waals surface area (Å²) >= 11 is 0. The number of hydrogen-bond donors (Lipinski definition) is 0. The van der Waals surface area contributed by atoms with Gasteiger partial charge in [-0.2, -0.15) is 0 Å². The smallest absolute Gasteiger partial charge is 0.311 e. The van der Waals surface area contributed by atoms with Crippen LogP contribution in [0.3, 0.4) is 0 Å². The number of rotatable bonds is 6. The van der Waals surface area contributed by atoms with Crippen LogP contribution in [0.2, 0.25) is 19.6 Å². The van der Waals surface area contributed by atoms with Crippen molar-refractivity contribution in [2.45, 2.75) is 32.7 Å². The average molecular weight is 384 g/mol. The quantitative estimate of drug-likeness (QED) is 0.433. The fraction of sp³-hybridized carbons (Fsp3) is 0.333. The Morgan fingerprint density at radius 3 is 2.44 bits per heavy atom. The first-order valence-electron chi connectivity index (χ1n) is 8.65. The molecule has 0 aliphatic carbocycles. The predicted molar refractivity (Wildman–Crippen MR) is 108 cm³/mol. The summed E-state index contributed by atoms with van der Waals surface area (Å²) < 4.78 is 15.8. The molecule has 0 aliphatic heterocycles. The van der Waals surface area contributed by atoms with Crippen molar-refractivity contribution in [3.8, 4) is 23.0 Å². The minimum Gasteiger partial charge on any atom is -0.497 e. The molecule has 1 aromatic heterocycles. The van der Waals surface area contributed by atoms with Gasteiger partial charge in [-0.15, -0.1) is 5.54 Å². The summed E-state index contributed by atoms with van der Waals surface area (Å²) in [5, 5.41) is 0. The molecule has 5 nitrogen and oxygen atoms in total. The number of nitrogens with zero attached hydrogens (tertiary/aromatic N) is 1. The number of methoxy groups -OCH3 is 2. The molecule has 1 aromatic carbocycles. The third-order valence-electron chi connectivity index (χ3n) is 3.60. The third kappa shape index (κ3) is 6.80. The molecule has 0 amide bonds. The van der Waals surface area contributed by atoms with Crippen LogP contribution in [0.25, 0.3) is 0 Å². The molecule has 1 heterocycles. The van der Waals surface area contributed by atoms with Crippen LogP contribution in [-0.2, 0) is 22.6 Å². The van der Waals surface area contributed by atoms with Gasteiger partial charge in [0.1, 0.15) is 20.4 Å². The average Bonchev–Trinajstić information content (AvgIpc) is 2.65. The van der Waals surface area contributed by atoms with E-state index in [1.54, 1.807) is 19.4 Å². The minimum absolute atomic E-state index is 0.108. The van der Waals surface area contributed by atoms with Crippen LogP contribution in [0.4, 0.5) is 0 Å². The van der Waals surface area contributed by atoms with Gasteiger partial charge in [0.15, 0.2) is 5.75 Å². The molecule has 0 saturated carbocycles. The lowest BCUT2D eigenvalue weighted by atomic mass is 10.2. The van der Waals surface area contributed by atoms with Gasteiger partial charge in [-0.05, 0) is 23.8 Å². The Labute approximate surface area is 161 Å². The largest absolute Gasteiger partial charge is 0.497 e. The van der Waals surface area contributed by atoms with E-state index in [9.17, 15) is 4.79 Å². The van der Waals surface area contributed by atoms with Crippen molar-refractivity contribution in [3.63, 3.8) is 0 Å². The van der Waals surface area contributed by atoms with E-state index in [2.05, 4.69) is 36.1 Å². The molecular formula is C21H25NO4Si. The van der Waals surface area contributed by atoms with Crippen molar-refractivity contribution in [2.24, 2.45) is 0 Å². The second-order valence-corrected chi connectivity index (χ2v) is 11.8. The van der Waals surface area contributed by atoms with E-state index in [1.165, 1.54) is 7.11 Å². The second-order valence-electron chi connectivity index (χ2n) is 7.06.